The molecule has 1 aliphatic heterocycles. The van der Waals surface area contributed by atoms with E-state index in [-0.39, 0.29) is 0 Å². The molecule has 3 heteroatoms. The second-order valence-corrected chi connectivity index (χ2v) is 6.91. The van der Waals surface area contributed by atoms with E-state index in [2.05, 4.69) is 39.0 Å². The van der Waals surface area contributed by atoms with Crippen molar-refractivity contribution in [1.29, 1.82) is 0 Å². The molecule has 0 bridgehead atoms. The van der Waals surface area contributed by atoms with Gasteiger partial charge < -0.3 is 0 Å². The fraction of sp³-hybridized carbons (Fsp3) is 0.500. The molecule has 0 aromatic heterocycles. The van der Waals surface area contributed by atoms with Gasteiger partial charge in [-0.3, -0.25) is 4.90 Å². The van der Waals surface area contributed by atoms with Crippen molar-refractivity contribution in [2.24, 2.45) is 0 Å². The Labute approximate surface area is 128 Å². The molecule has 2 aliphatic rings. The molecule has 0 atom stereocenters. The first-order valence-corrected chi connectivity index (χ1v) is 8.28. The van der Waals surface area contributed by atoms with E-state index in [0.29, 0.717) is 0 Å². The summed E-state index contributed by atoms with van der Waals surface area (Å²) in [6.07, 6.45) is 8.94. The number of hydrogen-bond acceptors (Lipinski definition) is 1. The molecule has 0 spiro atoms. The van der Waals surface area contributed by atoms with Crippen LogP contribution in [0.4, 0.5) is 0 Å². The Morgan fingerprint density at radius 1 is 1.21 bits per heavy atom. The van der Waals surface area contributed by atoms with E-state index < -0.39 is 0 Å². The van der Waals surface area contributed by atoms with Crippen LogP contribution >= 0.6 is 27.5 Å². The minimum Gasteiger partial charge on any atom is -0.300 e. The van der Waals surface area contributed by atoms with Gasteiger partial charge in [-0.25, -0.2) is 0 Å². The summed E-state index contributed by atoms with van der Waals surface area (Å²) < 4.78 is 1.04. The summed E-state index contributed by atoms with van der Waals surface area (Å²) in [7, 11) is 0. The molecular formula is C16H19BrClN. The van der Waals surface area contributed by atoms with E-state index in [1.807, 2.05) is 6.07 Å². The van der Waals surface area contributed by atoms with Crippen LogP contribution in [-0.4, -0.2) is 24.0 Å². The molecule has 2 fully saturated rings. The molecule has 1 saturated heterocycles. The van der Waals surface area contributed by atoms with Gasteiger partial charge in [-0.1, -0.05) is 51.7 Å². The van der Waals surface area contributed by atoms with Crippen molar-refractivity contribution in [3.63, 3.8) is 0 Å². The van der Waals surface area contributed by atoms with Crippen LogP contribution in [0.1, 0.15) is 37.7 Å². The number of piperidine rings is 1. The monoisotopic (exact) mass is 339 g/mol. The van der Waals surface area contributed by atoms with Crippen molar-refractivity contribution in [3.05, 3.63) is 38.8 Å². The number of hydrogen-bond donors (Lipinski definition) is 0. The van der Waals surface area contributed by atoms with E-state index in [0.717, 1.165) is 21.1 Å². The van der Waals surface area contributed by atoms with Crippen LogP contribution in [0, 0.1) is 0 Å². The van der Waals surface area contributed by atoms with E-state index in [9.17, 15) is 0 Å². The van der Waals surface area contributed by atoms with Crippen LogP contribution in [0.2, 0.25) is 5.02 Å². The Morgan fingerprint density at radius 3 is 2.53 bits per heavy atom. The SMILES string of the molecule is Clc1cc(Br)ccc1C=C1CCN(C2CCC2)CC1. The lowest BCUT2D eigenvalue weighted by molar-refractivity contribution is 0.118. The maximum atomic E-state index is 6.27. The molecule has 0 N–H and O–H groups in total. The number of benzene rings is 1. The summed E-state index contributed by atoms with van der Waals surface area (Å²) >= 11 is 9.72. The Bertz CT molecular complexity index is 484. The molecule has 1 heterocycles. The summed E-state index contributed by atoms with van der Waals surface area (Å²) in [6.45, 7) is 2.45. The number of halogens is 2. The molecule has 1 nitrogen and oxygen atoms in total. The Balaban J connectivity index is 1.65. The second-order valence-electron chi connectivity index (χ2n) is 5.59. The minimum absolute atomic E-state index is 0.836. The van der Waals surface area contributed by atoms with Crippen LogP contribution in [0.25, 0.3) is 6.08 Å². The van der Waals surface area contributed by atoms with Crippen LogP contribution in [0.3, 0.4) is 0 Å². The zero-order valence-corrected chi connectivity index (χ0v) is 13.4. The van der Waals surface area contributed by atoms with Gasteiger partial charge >= 0.3 is 0 Å². The molecule has 1 aliphatic carbocycles. The molecule has 19 heavy (non-hydrogen) atoms. The molecule has 0 unspecified atom stereocenters. The first-order chi connectivity index (χ1) is 9.22. The molecule has 1 aromatic rings. The third-order valence-electron chi connectivity index (χ3n) is 4.35. The maximum Gasteiger partial charge on any atom is 0.0489 e. The largest absolute Gasteiger partial charge is 0.300 e. The summed E-state index contributed by atoms with van der Waals surface area (Å²) in [5.74, 6) is 0. The van der Waals surface area contributed by atoms with Gasteiger partial charge in [-0.05, 0) is 43.4 Å². The van der Waals surface area contributed by atoms with Gasteiger partial charge in [0.25, 0.3) is 0 Å². The Kier molecular flexibility index (Phi) is 4.30. The van der Waals surface area contributed by atoms with Crippen molar-refractivity contribution in [1.82, 2.24) is 4.90 Å². The lowest BCUT2D eigenvalue weighted by Gasteiger charge is -2.40. The lowest BCUT2D eigenvalue weighted by atomic mass is 9.89. The van der Waals surface area contributed by atoms with Gasteiger partial charge in [0, 0.05) is 28.6 Å². The fourth-order valence-electron chi connectivity index (χ4n) is 2.91. The van der Waals surface area contributed by atoms with E-state index in [4.69, 9.17) is 11.6 Å². The van der Waals surface area contributed by atoms with E-state index in [1.54, 1.807) is 5.57 Å². The smallest absolute Gasteiger partial charge is 0.0489 e. The topological polar surface area (TPSA) is 3.24 Å². The molecule has 3 rings (SSSR count). The van der Waals surface area contributed by atoms with Gasteiger partial charge in [0.15, 0.2) is 0 Å². The van der Waals surface area contributed by atoms with Gasteiger partial charge in [0.2, 0.25) is 0 Å². The molecule has 1 saturated carbocycles. The van der Waals surface area contributed by atoms with Crippen LogP contribution < -0.4 is 0 Å². The Morgan fingerprint density at radius 2 is 1.95 bits per heavy atom. The van der Waals surface area contributed by atoms with Crippen molar-refractivity contribution in [2.75, 3.05) is 13.1 Å². The van der Waals surface area contributed by atoms with Crippen molar-refractivity contribution < 1.29 is 0 Å². The average Bonchev–Trinajstić information content (AvgIpc) is 2.33. The molecule has 1 aromatic carbocycles. The lowest BCUT2D eigenvalue weighted by Crippen LogP contribution is -2.43. The highest BCUT2D eigenvalue weighted by Crippen LogP contribution is 2.30. The van der Waals surface area contributed by atoms with Crippen LogP contribution in [0.5, 0.6) is 0 Å². The predicted molar refractivity (Wildman–Crippen MR) is 85.6 cm³/mol. The third kappa shape index (κ3) is 3.24. The highest BCUT2D eigenvalue weighted by molar-refractivity contribution is 9.10. The summed E-state index contributed by atoms with van der Waals surface area (Å²) in [5, 5.41) is 0.836. The van der Waals surface area contributed by atoms with E-state index in [1.165, 1.54) is 45.2 Å². The summed E-state index contributed by atoms with van der Waals surface area (Å²) in [4.78, 5) is 2.67. The zero-order valence-electron chi connectivity index (χ0n) is 11.0. The zero-order chi connectivity index (χ0) is 13.2. The average molecular weight is 341 g/mol. The molecule has 0 radical (unpaired) electrons. The van der Waals surface area contributed by atoms with Crippen molar-refractivity contribution >= 4 is 33.6 Å². The van der Waals surface area contributed by atoms with Crippen LogP contribution in [0.15, 0.2) is 28.2 Å². The minimum atomic E-state index is 0.836. The van der Waals surface area contributed by atoms with Crippen LogP contribution in [-0.2, 0) is 0 Å². The predicted octanol–water partition coefficient (Wildman–Crippen LogP) is 5.13. The van der Waals surface area contributed by atoms with Crippen molar-refractivity contribution in [3.8, 4) is 0 Å². The fourth-order valence-corrected chi connectivity index (χ4v) is 3.64. The van der Waals surface area contributed by atoms with Gasteiger partial charge in [-0.15, -0.1) is 0 Å². The second kappa shape index (κ2) is 5.99. The van der Waals surface area contributed by atoms with Gasteiger partial charge in [0.1, 0.15) is 0 Å². The summed E-state index contributed by atoms with van der Waals surface area (Å²) in [6, 6.07) is 7.01. The number of likely N-dealkylation sites (tertiary alicyclic amines) is 1. The molecular weight excluding hydrogens is 322 g/mol. The third-order valence-corrected chi connectivity index (χ3v) is 5.17. The molecule has 102 valence electrons. The first kappa shape index (κ1) is 13.7. The van der Waals surface area contributed by atoms with Gasteiger partial charge in [-0.2, -0.15) is 0 Å². The summed E-state index contributed by atoms with van der Waals surface area (Å²) in [5.41, 5.74) is 2.69. The number of rotatable bonds is 2. The first-order valence-electron chi connectivity index (χ1n) is 7.11. The maximum absolute atomic E-state index is 6.27. The van der Waals surface area contributed by atoms with E-state index >= 15 is 0 Å². The standard InChI is InChI=1S/C16H19BrClN/c17-14-5-4-13(16(18)11-14)10-12-6-8-19(9-7-12)15-2-1-3-15/h4-5,10-11,15H,1-3,6-9H2. The molecule has 0 amide bonds. The highest BCUT2D eigenvalue weighted by atomic mass is 79.9. The number of nitrogens with zero attached hydrogens (tertiary/aromatic N) is 1. The normalized spacial score (nSPS) is 21.3. The quantitative estimate of drug-likeness (QED) is 0.721. The Hall–Kier alpha value is -0.310. The highest BCUT2D eigenvalue weighted by Gasteiger charge is 2.26. The van der Waals surface area contributed by atoms with Crippen molar-refractivity contribution in [2.45, 2.75) is 38.1 Å². The van der Waals surface area contributed by atoms with Gasteiger partial charge in [0.05, 0.1) is 0 Å².